The van der Waals surface area contributed by atoms with Gasteiger partial charge in [0.1, 0.15) is 64.3 Å². The van der Waals surface area contributed by atoms with Crippen LogP contribution in [0.2, 0.25) is 0 Å². The maximum absolute atomic E-state index is 17.3. The molecule has 0 spiro atoms. The number of benzene rings is 5. The van der Waals surface area contributed by atoms with Gasteiger partial charge < -0.3 is 24.0 Å². The maximum atomic E-state index is 17.3. The second-order valence-electron chi connectivity index (χ2n) is 28.7. The molecule has 12 atom stereocenters. The summed E-state index contributed by atoms with van der Waals surface area (Å²) in [5.41, 5.74) is 8.58. The first-order valence-corrected chi connectivity index (χ1v) is 35.9. The summed E-state index contributed by atoms with van der Waals surface area (Å²) in [6, 6.07) is 28.4. The molecule has 12 unspecified atom stereocenters. The van der Waals surface area contributed by atoms with Gasteiger partial charge in [0.15, 0.2) is 12.0 Å². The van der Waals surface area contributed by atoms with E-state index < -0.39 is 52.4 Å². The SMILES string of the molecule is C=CC1C=CC(Oc2ccc(C3(c4c(F)cccc4F)c4cc(N(C5=CC(F)=C(F)CC5)c5ccc6c(c5)C5C=C(N7C8=CC(C9C=CC(OC%10C=CC(C=C)CC%10)=CC9)C(C=C8)C8=C(CCC=C8)c8c(F)cccc8C8=C7CC(F)C(F)=C8)CCC5O6)ccc4C4C=CCCC43)cc2)=CC1. The van der Waals surface area contributed by atoms with Crippen molar-refractivity contribution in [1.29, 1.82) is 0 Å². The van der Waals surface area contributed by atoms with Crippen LogP contribution in [-0.2, 0) is 10.2 Å². The lowest BCUT2D eigenvalue weighted by molar-refractivity contribution is 0.144. The Bertz CT molecular complexity index is 4770. The highest BCUT2D eigenvalue weighted by atomic mass is 19.2. The van der Waals surface area contributed by atoms with Crippen molar-refractivity contribution in [3.05, 3.63) is 345 Å². The molecule has 2 bridgehead atoms. The van der Waals surface area contributed by atoms with Crippen molar-refractivity contribution < 1.29 is 44.9 Å². The number of hydrogen-bond donors (Lipinski definition) is 0. The highest BCUT2D eigenvalue weighted by molar-refractivity contribution is 5.89. The summed E-state index contributed by atoms with van der Waals surface area (Å²) in [5.74, 6) is -2.68. The minimum Gasteiger partial charge on any atom is -0.489 e. The van der Waals surface area contributed by atoms with Gasteiger partial charge in [0.2, 0.25) is 0 Å². The van der Waals surface area contributed by atoms with Crippen LogP contribution >= 0.6 is 0 Å². The third kappa shape index (κ3) is 11.3. The van der Waals surface area contributed by atoms with E-state index in [9.17, 15) is 0 Å². The van der Waals surface area contributed by atoms with Crippen molar-refractivity contribution in [2.45, 2.75) is 119 Å². The smallest absolute Gasteiger partial charge is 0.157 e. The van der Waals surface area contributed by atoms with Crippen LogP contribution in [0.1, 0.15) is 134 Å². The highest BCUT2D eigenvalue weighted by Gasteiger charge is 2.56. The zero-order chi connectivity index (χ0) is 68.8. The van der Waals surface area contributed by atoms with Gasteiger partial charge >= 0.3 is 0 Å². The largest absolute Gasteiger partial charge is 0.489 e. The maximum Gasteiger partial charge on any atom is 0.157 e. The molecule has 0 amide bonds. The Morgan fingerprint density at radius 2 is 1.45 bits per heavy atom. The summed E-state index contributed by atoms with van der Waals surface area (Å²) in [4.78, 5) is 4.06. The number of halogens is 7. The quantitative estimate of drug-likeness (QED) is 0.0867. The molecule has 3 aliphatic heterocycles. The van der Waals surface area contributed by atoms with Crippen LogP contribution in [-0.4, -0.2) is 23.3 Å². The fourth-order valence-electron chi connectivity index (χ4n) is 18.4. The van der Waals surface area contributed by atoms with Crippen LogP contribution in [0, 0.1) is 53.0 Å². The first-order chi connectivity index (χ1) is 49.3. The van der Waals surface area contributed by atoms with E-state index in [4.69, 9.17) is 14.2 Å². The van der Waals surface area contributed by atoms with E-state index >= 15 is 30.7 Å². The third-order valence-corrected chi connectivity index (χ3v) is 23.2. The minimum atomic E-state index is -1.97. The summed E-state index contributed by atoms with van der Waals surface area (Å²) in [6.07, 6.45) is 44.7. The van der Waals surface area contributed by atoms with Crippen LogP contribution in [0.3, 0.4) is 0 Å². The molecule has 18 rings (SSSR count). The molecule has 0 aromatic heterocycles. The first-order valence-electron chi connectivity index (χ1n) is 35.9. The summed E-state index contributed by atoms with van der Waals surface area (Å²) >= 11 is 0. The average molecular weight is 1360 g/mol. The van der Waals surface area contributed by atoms with E-state index in [0.29, 0.717) is 119 Å². The van der Waals surface area contributed by atoms with Crippen LogP contribution in [0.15, 0.2) is 289 Å². The van der Waals surface area contributed by atoms with Crippen LogP contribution < -0.4 is 14.4 Å². The summed E-state index contributed by atoms with van der Waals surface area (Å²) < 4.78 is 136. The van der Waals surface area contributed by atoms with Crippen molar-refractivity contribution in [3.8, 4) is 11.5 Å². The molecule has 0 N–H and O–H groups in total. The molecule has 101 heavy (non-hydrogen) atoms. The number of ether oxygens (including phenoxy) is 3. The number of anilines is 2. The molecule has 0 saturated heterocycles. The van der Waals surface area contributed by atoms with E-state index in [-0.39, 0.29) is 72.5 Å². The predicted octanol–water partition coefficient (Wildman–Crippen LogP) is 23.1. The van der Waals surface area contributed by atoms with Gasteiger partial charge in [0.05, 0.1) is 5.41 Å². The zero-order valence-corrected chi connectivity index (χ0v) is 56.0. The van der Waals surface area contributed by atoms with Gasteiger partial charge in [0.25, 0.3) is 0 Å². The number of hydrogen-bond acceptors (Lipinski definition) is 5. The molecular formula is C89H77F7N2O3. The number of rotatable bonds is 13. The predicted molar refractivity (Wildman–Crippen MR) is 385 cm³/mol. The van der Waals surface area contributed by atoms with E-state index in [1.165, 1.54) is 36.4 Å². The average Bonchev–Trinajstić information content (AvgIpc) is 1.54. The molecule has 5 nitrogen and oxygen atoms in total. The lowest BCUT2D eigenvalue weighted by Gasteiger charge is -2.41. The lowest BCUT2D eigenvalue weighted by atomic mass is 9.61. The van der Waals surface area contributed by atoms with Crippen molar-refractivity contribution in [2.75, 3.05) is 4.90 Å². The Balaban J connectivity index is 0.792. The van der Waals surface area contributed by atoms with E-state index in [1.54, 1.807) is 6.07 Å². The minimum absolute atomic E-state index is 0.0257. The molecule has 5 aromatic rings. The number of nitrogens with zero attached hydrogens (tertiary/aromatic N) is 2. The molecule has 0 fully saturated rings. The Morgan fingerprint density at radius 1 is 0.644 bits per heavy atom. The molecule has 5 aromatic carbocycles. The number of fused-ring (bicyclic) bond motifs is 7. The standard InChI is InChI=1S/C89H77F7N2O3/c1-3-52-19-32-61(33-20-52)99-63-36-23-54(24-37-63)71-45-57-27-40-66(71)65-11-5-6-13-69(65)87-70(14-9-16-78(87)91)72-50-82(95)83(96)51-84(72)98(57)58-31-44-86-74(47-58)73-46-56(30-43-85(73)101-86)97(60-29-42-77(90)81(94)49-60)59-28-41-68-67-12-7-8-15-75(67)89(76(68)48-59,88-79(92)17-10-18-80(88)93)55-25-38-64(39-26-55)100-62-34-21-53(4-2)22-35-62/h3-5,7,9-12,14,16-19,21,23,25-28,30,32,34-41,43,45-50,52-54,61,66-67,71,74-75,83,86H,1-2,6,8,13,15,20,22,24,29,31,33,42,44,51H2. The normalized spacial score (nSPS) is 28.9. The molecule has 10 aliphatic carbocycles. The van der Waals surface area contributed by atoms with Gasteiger partial charge in [-0.25, -0.2) is 30.7 Å². The Hall–Kier alpha value is -9.81. The Labute approximate surface area is 585 Å². The summed E-state index contributed by atoms with van der Waals surface area (Å²) in [7, 11) is 0. The van der Waals surface area contributed by atoms with Crippen LogP contribution in [0.5, 0.6) is 11.5 Å². The van der Waals surface area contributed by atoms with Gasteiger partial charge in [0, 0.05) is 87.0 Å². The number of alkyl halides is 1. The second kappa shape index (κ2) is 26.3. The van der Waals surface area contributed by atoms with Crippen LogP contribution in [0.4, 0.5) is 42.1 Å². The molecule has 3 heterocycles. The molecule has 13 aliphatic rings. The monoisotopic (exact) mass is 1350 g/mol. The third-order valence-electron chi connectivity index (χ3n) is 23.2. The Kier molecular flexibility index (Phi) is 16.8. The van der Waals surface area contributed by atoms with E-state index in [1.807, 2.05) is 102 Å². The van der Waals surface area contributed by atoms with E-state index in [0.717, 1.165) is 58.7 Å². The van der Waals surface area contributed by atoms with Gasteiger partial charge in [-0.2, -0.15) is 0 Å². The fourth-order valence-corrected chi connectivity index (χ4v) is 18.4. The molecule has 0 radical (unpaired) electrons. The van der Waals surface area contributed by atoms with Crippen molar-refractivity contribution in [3.63, 3.8) is 0 Å². The van der Waals surface area contributed by atoms with E-state index in [2.05, 4.69) is 97.0 Å². The molecule has 12 heteroatoms. The zero-order valence-electron chi connectivity index (χ0n) is 56.0. The van der Waals surface area contributed by atoms with Crippen molar-refractivity contribution in [1.82, 2.24) is 4.90 Å². The number of allylic oxidation sites excluding steroid dienone is 27. The topological polar surface area (TPSA) is 34.2 Å². The summed E-state index contributed by atoms with van der Waals surface area (Å²) in [6.45, 7) is 7.92. The molecular weight excluding hydrogens is 1280 g/mol. The summed E-state index contributed by atoms with van der Waals surface area (Å²) in [5, 5.41) is 0. The highest BCUT2D eigenvalue weighted by Crippen LogP contribution is 2.63. The first kappa shape index (κ1) is 64.6. The van der Waals surface area contributed by atoms with Crippen molar-refractivity contribution >= 4 is 22.5 Å². The Morgan fingerprint density at radius 3 is 2.23 bits per heavy atom. The lowest BCUT2D eigenvalue weighted by Crippen LogP contribution is -2.38. The molecule has 510 valence electrons. The van der Waals surface area contributed by atoms with Gasteiger partial charge in [-0.1, -0.05) is 109 Å². The van der Waals surface area contributed by atoms with Gasteiger partial charge in [-0.3, -0.25) is 0 Å². The molecule has 0 saturated carbocycles. The van der Waals surface area contributed by atoms with Gasteiger partial charge in [-0.05, 0) is 243 Å². The second-order valence-corrected chi connectivity index (χ2v) is 28.7. The van der Waals surface area contributed by atoms with Crippen LogP contribution in [0.25, 0.3) is 11.1 Å². The van der Waals surface area contributed by atoms with Crippen molar-refractivity contribution in [2.24, 2.45) is 35.5 Å². The van der Waals surface area contributed by atoms with Gasteiger partial charge in [-0.15, -0.1) is 13.2 Å². The fraction of sp³-hybridized carbons (Fsp3) is 0.281.